The lowest BCUT2D eigenvalue weighted by molar-refractivity contribution is 0.293. The van der Waals surface area contributed by atoms with Gasteiger partial charge < -0.3 is 15.4 Å². The minimum atomic E-state index is 0. The van der Waals surface area contributed by atoms with Crippen molar-refractivity contribution in [3.63, 3.8) is 0 Å². The minimum absolute atomic E-state index is 0. The fourth-order valence-corrected chi connectivity index (χ4v) is 1.95. The summed E-state index contributed by atoms with van der Waals surface area (Å²) >= 11 is 0. The Labute approximate surface area is 160 Å². The van der Waals surface area contributed by atoms with Crippen molar-refractivity contribution in [2.24, 2.45) is 4.99 Å². The molecule has 0 bridgehead atoms. The number of guanidine groups is 1. The second-order valence-electron chi connectivity index (χ2n) is 4.87. The number of halogens is 1. The lowest BCUT2D eigenvalue weighted by Gasteiger charge is -2.11. The maximum atomic E-state index is 5.73. The molecule has 24 heavy (non-hydrogen) atoms. The van der Waals surface area contributed by atoms with Crippen LogP contribution in [0.25, 0.3) is 0 Å². The lowest BCUT2D eigenvalue weighted by atomic mass is 10.2. The van der Waals surface area contributed by atoms with Crippen LogP contribution >= 0.6 is 24.0 Å². The van der Waals surface area contributed by atoms with Crippen LogP contribution in [0.15, 0.2) is 66.3 Å². The fraction of sp³-hybridized carbons (Fsp3) is 0.222. The van der Waals surface area contributed by atoms with Gasteiger partial charge in [-0.3, -0.25) is 4.99 Å². The van der Waals surface area contributed by atoms with Crippen molar-refractivity contribution in [2.75, 3.05) is 13.6 Å². The summed E-state index contributed by atoms with van der Waals surface area (Å²) in [4.78, 5) is 8.38. The van der Waals surface area contributed by atoms with E-state index in [1.807, 2.05) is 42.5 Å². The van der Waals surface area contributed by atoms with Crippen LogP contribution in [-0.4, -0.2) is 24.5 Å². The number of hydrogen-bond donors (Lipinski definition) is 2. The Morgan fingerprint density at radius 2 is 2.00 bits per heavy atom. The molecule has 2 aromatic rings. The second kappa shape index (κ2) is 11.4. The van der Waals surface area contributed by atoms with E-state index in [1.165, 1.54) is 0 Å². The molecule has 0 fully saturated rings. The number of nitrogens with zero attached hydrogens (tertiary/aromatic N) is 2. The van der Waals surface area contributed by atoms with Crippen LogP contribution in [0, 0.1) is 0 Å². The molecule has 1 aromatic heterocycles. The van der Waals surface area contributed by atoms with E-state index in [2.05, 4.69) is 27.2 Å². The highest BCUT2D eigenvalue weighted by molar-refractivity contribution is 14.0. The largest absolute Gasteiger partial charge is 0.473 e. The van der Waals surface area contributed by atoms with Crippen LogP contribution in [0.4, 0.5) is 0 Å². The van der Waals surface area contributed by atoms with E-state index < -0.39 is 0 Å². The molecule has 0 radical (unpaired) electrons. The molecule has 1 heterocycles. The van der Waals surface area contributed by atoms with E-state index >= 15 is 0 Å². The topological polar surface area (TPSA) is 58.5 Å². The number of hydrogen-bond acceptors (Lipinski definition) is 3. The van der Waals surface area contributed by atoms with E-state index in [4.69, 9.17) is 4.74 Å². The number of rotatable bonds is 7. The molecule has 0 aliphatic heterocycles. The molecule has 0 saturated heterocycles. The Morgan fingerprint density at radius 3 is 2.71 bits per heavy atom. The third-order valence-electron chi connectivity index (χ3n) is 3.13. The summed E-state index contributed by atoms with van der Waals surface area (Å²) in [5, 5.41) is 6.35. The number of nitrogens with one attached hydrogen (secondary N) is 2. The monoisotopic (exact) mass is 438 g/mol. The second-order valence-corrected chi connectivity index (χ2v) is 4.87. The van der Waals surface area contributed by atoms with Crippen LogP contribution in [0.5, 0.6) is 5.88 Å². The Bertz CT molecular complexity index is 646. The molecular formula is C18H23IN4O. The first kappa shape index (κ1) is 20.0. The van der Waals surface area contributed by atoms with Gasteiger partial charge in [0.05, 0.1) is 0 Å². The Balaban J connectivity index is 0.00000288. The van der Waals surface area contributed by atoms with Gasteiger partial charge in [-0.1, -0.05) is 36.4 Å². The smallest absolute Gasteiger partial charge is 0.213 e. The summed E-state index contributed by atoms with van der Waals surface area (Å²) in [6.07, 6.45) is 3.53. The van der Waals surface area contributed by atoms with E-state index in [-0.39, 0.29) is 24.0 Å². The Kier molecular flexibility index (Phi) is 9.52. The van der Waals surface area contributed by atoms with E-state index in [9.17, 15) is 0 Å². The first-order valence-electron chi connectivity index (χ1n) is 7.49. The molecule has 0 atom stereocenters. The van der Waals surface area contributed by atoms with Gasteiger partial charge in [-0.25, -0.2) is 4.98 Å². The van der Waals surface area contributed by atoms with Crippen LogP contribution < -0.4 is 15.4 Å². The number of benzene rings is 1. The average molecular weight is 438 g/mol. The molecule has 6 heteroatoms. The molecule has 0 aliphatic carbocycles. The summed E-state index contributed by atoms with van der Waals surface area (Å²) in [6.45, 7) is 5.49. The van der Waals surface area contributed by atoms with Gasteiger partial charge in [0, 0.05) is 32.4 Å². The summed E-state index contributed by atoms with van der Waals surface area (Å²) < 4.78 is 5.73. The molecule has 2 N–H and O–H groups in total. The molecule has 0 aliphatic rings. The third kappa shape index (κ3) is 6.99. The van der Waals surface area contributed by atoms with Gasteiger partial charge in [-0.2, -0.15) is 0 Å². The maximum absolute atomic E-state index is 5.73. The SMILES string of the molecule is C=CCNC(=NC)NCc1ccnc(OCc2ccccc2)c1.I. The average Bonchev–Trinajstić information content (AvgIpc) is 2.61. The van der Waals surface area contributed by atoms with Crippen LogP contribution in [-0.2, 0) is 13.2 Å². The number of ether oxygens (including phenoxy) is 1. The number of aromatic nitrogens is 1. The van der Waals surface area contributed by atoms with Crippen molar-refractivity contribution in [3.05, 3.63) is 72.4 Å². The fourth-order valence-electron chi connectivity index (χ4n) is 1.95. The zero-order valence-electron chi connectivity index (χ0n) is 13.7. The predicted octanol–water partition coefficient (Wildman–Crippen LogP) is 3.13. The molecule has 0 unspecified atom stereocenters. The lowest BCUT2D eigenvalue weighted by Crippen LogP contribution is -2.36. The van der Waals surface area contributed by atoms with E-state index in [1.54, 1.807) is 19.3 Å². The summed E-state index contributed by atoms with van der Waals surface area (Å²) in [5.74, 6) is 1.34. The van der Waals surface area contributed by atoms with Crippen molar-refractivity contribution in [1.82, 2.24) is 15.6 Å². The molecule has 128 valence electrons. The zero-order valence-corrected chi connectivity index (χ0v) is 16.1. The van der Waals surface area contributed by atoms with E-state index in [0.717, 1.165) is 17.1 Å². The molecule has 2 rings (SSSR count). The predicted molar refractivity (Wildman–Crippen MR) is 109 cm³/mol. The third-order valence-corrected chi connectivity index (χ3v) is 3.13. The Morgan fingerprint density at radius 1 is 1.21 bits per heavy atom. The summed E-state index contributed by atoms with van der Waals surface area (Å²) in [6, 6.07) is 13.9. The van der Waals surface area contributed by atoms with Crippen LogP contribution in [0.1, 0.15) is 11.1 Å². The van der Waals surface area contributed by atoms with Crippen molar-refractivity contribution >= 4 is 29.9 Å². The van der Waals surface area contributed by atoms with Crippen LogP contribution in [0.2, 0.25) is 0 Å². The Hall–Kier alpha value is -2.09. The first-order chi connectivity index (χ1) is 11.3. The molecule has 0 saturated carbocycles. The van der Waals surface area contributed by atoms with Gasteiger partial charge in [0.1, 0.15) is 6.61 Å². The van der Waals surface area contributed by atoms with Crippen LogP contribution in [0.3, 0.4) is 0 Å². The highest BCUT2D eigenvalue weighted by Crippen LogP contribution is 2.11. The van der Waals surface area contributed by atoms with Crippen molar-refractivity contribution < 1.29 is 4.74 Å². The van der Waals surface area contributed by atoms with Crippen molar-refractivity contribution in [2.45, 2.75) is 13.2 Å². The highest BCUT2D eigenvalue weighted by Gasteiger charge is 2.01. The summed E-state index contributed by atoms with van der Waals surface area (Å²) in [5.41, 5.74) is 2.19. The van der Waals surface area contributed by atoms with E-state index in [0.29, 0.717) is 25.6 Å². The molecular weight excluding hydrogens is 415 g/mol. The summed E-state index contributed by atoms with van der Waals surface area (Å²) in [7, 11) is 1.74. The standard InChI is InChI=1S/C18H22N4O.HI/c1-3-10-21-18(19-2)22-13-16-9-11-20-17(12-16)23-14-15-7-5-4-6-8-15;/h3-9,11-12H,1,10,13-14H2,2H3,(H2,19,21,22);1H. The van der Waals surface area contributed by atoms with Gasteiger partial charge in [0.15, 0.2) is 5.96 Å². The maximum Gasteiger partial charge on any atom is 0.213 e. The van der Waals surface area contributed by atoms with Gasteiger partial charge in [-0.05, 0) is 17.2 Å². The first-order valence-corrected chi connectivity index (χ1v) is 7.49. The molecule has 1 aromatic carbocycles. The molecule has 0 amide bonds. The number of pyridine rings is 1. The minimum Gasteiger partial charge on any atom is -0.473 e. The number of aliphatic imine (C=N–C) groups is 1. The quantitative estimate of drug-likeness (QED) is 0.302. The highest BCUT2D eigenvalue weighted by atomic mass is 127. The van der Waals surface area contributed by atoms with Crippen molar-refractivity contribution in [1.29, 1.82) is 0 Å². The van der Waals surface area contributed by atoms with Gasteiger partial charge in [0.25, 0.3) is 0 Å². The molecule has 5 nitrogen and oxygen atoms in total. The van der Waals surface area contributed by atoms with Gasteiger partial charge in [0.2, 0.25) is 5.88 Å². The van der Waals surface area contributed by atoms with Gasteiger partial charge >= 0.3 is 0 Å². The van der Waals surface area contributed by atoms with Crippen molar-refractivity contribution in [3.8, 4) is 5.88 Å². The zero-order chi connectivity index (χ0) is 16.3. The normalized spacial score (nSPS) is 10.5. The van der Waals surface area contributed by atoms with Gasteiger partial charge in [-0.15, -0.1) is 30.6 Å². The molecule has 0 spiro atoms.